The molecule has 166 valence electrons. The second-order valence-corrected chi connectivity index (χ2v) is 8.91. The molecular weight excluding hydrogens is 459 g/mol. The number of piperazine rings is 1. The predicted molar refractivity (Wildman–Crippen MR) is 128 cm³/mol. The van der Waals surface area contributed by atoms with Crippen molar-refractivity contribution in [1.82, 2.24) is 10.2 Å². The summed E-state index contributed by atoms with van der Waals surface area (Å²) in [4.78, 5) is 27.5. The van der Waals surface area contributed by atoms with E-state index in [1.807, 2.05) is 54.6 Å². The van der Waals surface area contributed by atoms with Crippen LogP contribution in [0.5, 0.6) is 5.75 Å². The summed E-state index contributed by atoms with van der Waals surface area (Å²) in [7, 11) is 0. The van der Waals surface area contributed by atoms with Crippen LogP contribution in [0.2, 0.25) is 10.0 Å². The average Bonchev–Trinajstić information content (AvgIpc) is 2.82. The first kappa shape index (κ1) is 21.6. The first-order chi connectivity index (χ1) is 16.0. The topological polar surface area (TPSA) is 58.6 Å². The van der Waals surface area contributed by atoms with Crippen LogP contribution in [0.3, 0.4) is 0 Å². The van der Waals surface area contributed by atoms with Gasteiger partial charge in [0.2, 0.25) is 5.91 Å². The van der Waals surface area contributed by atoms with Gasteiger partial charge >= 0.3 is 0 Å². The van der Waals surface area contributed by atoms with E-state index in [1.165, 1.54) is 0 Å². The number of fused-ring (bicyclic) bond motifs is 2. The Morgan fingerprint density at radius 3 is 2.52 bits per heavy atom. The van der Waals surface area contributed by atoms with E-state index >= 15 is 0 Å². The Morgan fingerprint density at radius 1 is 1.00 bits per heavy atom. The van der Waals surface area contributed by atoms with Crippen molar-refractivity contribution in [3.8, 4) is 5.75 Å². The minimum Gasteiger partial charge on any atom is -0.489 e. The predicted octanol–water partition coefficient (Wildman–Crippen LogP) is 5.00. The molecule has 0 saturated carbocycles. The van der Waals surface area contributed by atoms with Crippen molar-refractivity contribution >= 4 is 41.1 Å². The van der Waals surface area contributed by atoms with E-state index in [2.05, 4.69) is 5.32 Å². The standard InChI is InChI=1S/C26H20Cl2N2O3/c27-20-8-7-19(22(28)13-20)15-33-21-9-5-16(6-10-21)11-23-26(32)30-14-18-4-2-1-3-17(18)12-24(30)25(31)29-23/h1-11,13,24H,12,14-15H2,(H,29,31)/b23-11+/t24-/m0/s1. The third-order valence-electron chi connectivity index (χ3n) is 5.90. The molecule has 33 heavy (non-hydrogen) atoms. The van der Waals surface area contributed by atoms with Gasteiger partial charge in [-0.3, -0.25) is 9.59 Å². The lowest BCUT2D eigenvalue weighted by Crippen LogP contribution is -2.58. The number of ether oxygens (including phenoxy) is 1. The molecule has 0 bridgehead atoms. The molecule has 2 amide bonds. The van der Waals surface area contributed by atoms with Gasteiger partial charge in [-0.15, -0.1) is 0 Å². The molecule has 7 heteroatoms. The number of carbonyl (C=O) groups is 2. The van der Waals surface area contributed by atoms with E-state index in [4.69, 9.17) is 27.9 Å². The van der Waals surface area contributed by atoms with E-state index < -0.39 is 6.04 Å². The molecule has 0 aromatic heterocycles. The lowest BCUT2D eigenvalue weighted by molar-refractivity contribution is -0.143. The number of rotatable bonds is 4. The Balaban J connectivity index is 1.29. The van der Waals surface area contributed by atoms with Gasteiger partial charge in [0.1, 0.15) is 24.1 Å². The molecule has 1 fully saturated rings. The minimum atomic E-state index is -0.472. The smallest absolute Gasteiger partial charge is 0.271 e. The highest BCUT2D eigenvalue weighted by molar-refractivity contribution is 6.35. The van der Waals surface area contributed by atoms with Gasteiger partial charge < -0.3 is 15.0 Å². The lowest BCUT2D eigenvalue weighted by Gasteiger charge is -2.39. The first-order valence-corrected chi connectivity index (χ1v) is 11.3. The van der Waals surface area contributed by atoms with Gasteiger partial charge in [0, 0.05) is 28.6 Å². The summed E-state index contributed by atoms with van der Waals surface area (Å²) >= 11 is 12.1. The Bertz CT molecular complexity index is 1270. The molecule has 0 aliphatic carbocycles. The van der Waals surface area contributed by atoms with Gasteiger partial charge in [0.05, 0.1) is 0 Å². The molecule has 0 spiro atoms. The van der Waals surface area contributed by atoms with Crippen LogP contribution in [0.4, 0.5) is 0 Å². The highest BCUT2D eigenvalue weighted by Gasteiger charge is 2.40. The van der Waals surface area contributed by atoms with Crippen molar-refractivity contribution in [3.05, 3.63) is 105 Å². The summed E-state index contributed by atoms with van der Waals surface area (Å²) < 4.78 is 5.81. The van der Waals surface area contributed by atoms with Gasteiger partial charge in [-0.05, 0) is 47.0 Å². The largest absolute Gasteiger partial charge is 0.489 e. The maximum absolute atomic E-state index is 13.1. The zero-order valence-corrected chi connectivity index (χ0v) is 19.1. The van der Waals surface area contributed by atoms with Crippen LogP contribution in [0, 0.1) is 0 Å². The highest BCUT2D eigenvalue weighted by atomic mass is 35.5. The normalized spacial score (nSPS) is 18.5. The number of hydrogen-bond donors (Lipinski definition) is 1. The number of carbonyl (C=O) groups excluding carboxylic acids is 2. The molecule has 1 atom stereocenters. The number of amides is 2. The van der Waals surface area contributed by atoms with E-state index in [-0.39, 0.29) is 17.5 Å². The summed E-state index contributed by atoms with van der Waals surface area (Å²) in [6.07, 6.45) is 2.22. The van der Waals surface area contributed by atoms with Gasteiger partial charge in [-0.25, -0.2) is 0 Å². The fraction of sp³-hybridized carbons (Fsp3) is 0.154. The first-order valence-electron chi connectivity index (χ1n) is 10.5. The fourth-order valence-corrected chi connectivity index (χ4v) is 4.58. The summed E-state index contributed by atoms with van der Waals surface area (Å²) in [5, 5.41) is 3.92. The summed E-state index contributed by atoms with van der Waals surface area (Å²) in [6, 6.07) is 20.0. The summed E-state index contributed by atoms with van der Waals surface area (Å²) in [5.41, 5.74) is 4.09. The number of halogens is 2. The Labute approximate surface area is 201 Å². The van der Waals surface area contributed by atoms with E-state index in [1.54, 1.807) is 23.1 Å². The van der Waals surface area contributed by atoms with Crippen LogP contribution in [0.25, 0.3) is 6.08 Å². The van der Waals surface area contributed by atoms with Crippen LogP contribution in [0.1, 0.15) is 22.3 Å². The molecule has 1 N–H and O–H groups in total. The van der Waals surface area contributed by atoms with Crippen molar-refractivity contribution in [2.24, 2.45) is 0 Å². The zero-order chi connectivity index (χ0) is 22.9. The molecule has 0 unspecified atom stereocenters. The van der Waals surface area contributed by atoms with Crippen LogP contribution in [-0.4, -0.2) is 22.8 Å². The third-order valence-corrected chi connectivity index (χ3v) is 6.49. The molecular formula is C26H20Cl2N2O3. The Kier molecular flexibility index (Phi) is 5.83. The number of hydrogen-bond acceptors (Lipinski definition) is 3. The SMILES string of the molecule is O=C1N/C(=C/c2ccc(OCc3ccc(Cl)cc3Cl)cc2)C(=O)N2Cc3ccccc3C[C@@H]12. The fourth-order valence-electron chi connectivity index (χ4n) is 4.12. The van der Waals surface area contributed by atoms with Gasteiger partial charge in [-0.2, -0.15) is 0 Å². The molecule has 2 aliphatic rings. The third kappa shape index (κ3) is 4.47. The second-order valence-electron chi connectivity index (χ2n) is 8.06. The van der Waals surface area contributed by atoms with Crippen LogP contribution < -0.4 is 10.1 Å². The van der Waals surface area contributed by atoms with Crippen molar-refractivity contribution < 1.29 is 14.3 Å². The second kappa shape index (κ2) is 8.93. The van der Waals surface area contributed by atoms with Gasteiger partial charge in [0.15, 0.2) is 0 Å². The molecule has 2 aliphatic heterocycles. The molecule has 0 radical (unpaired) electrons. The summed E-state index contributed by atoms with van der Waals surface area (Å²) in [6.45, 7) is 0.743. The van der Waals surface area contributed by atoms with Crippen LogP contribution >= 0.6 is 23.2 Å². The van der Waals surface area contributed by atoms with E-state index in [9.17, 15) is 9.59 Å². The molecule has 3 aromatic rings. The number of nitrogens with one attached hydrogen (secondary N) is 1. The van der Waals surface area contributed by atoms with Crippen LogP contribution in [-0.2, 0) is 29.2 Å². The van der Waals surface area contributed by atoms with E-state index in [0.717, 1.165) is 22.3 Å². The van der Waals surface area contributed by atoms with Gasteiger partial charge in [-0.1, -0.05) is 65.7 Å². The molecule has 3 aromatic carbocycles. The van der Waals surface area contributed by atoms with E-state index in [0.29, 0.717) is 35.4 Å². The van der Waals surface area contributed by atoms with Crippen molar-refractivity contribution in [2.45, 2.75) is 25.6 Å². The van der Waals surface area contributed by atoms with Crippen molar-refractivity contribution in [1.29, 1.82) is 0 Å². The monoisotopic (exact) mass is 478 g/mol. The minimum absolute atomic E-state index is 0.157. The molecule has 5 rings (SSSR count). The van der Waals surface area contributed by atoms with Crippen molar-refractivity contribution in [2.75, 3.05) is 0 Å². The van der Waals surface area contributed by atoms with Gasteiger partial charge in [0.25, 0.3) is 5.91 Å². The molecule has 2 heterocycles. The number of nitrogens with zero attached hydrogens (tertiary/aromatic N) is 1. The maximum atomic E-state index is 13.1. The zero-order valence-electron chi connectivity index (χ0n) is 17.6. The Hall–Kier alpha value is -3.28. The lowest BCUT2D eigenvalue weighted by atomic mass is 9.91. The number of benzene rings is 3. The highest BCUT2D eigenvalue weighted by Crippen LogP contribution is 2.28. The Morgan fingerprint density at radius 2 is 1.76 bits per heavy atom. The van der Waals surface area contributed by atoms with Crippen LogP contribution in [0.15, 0.2) is 72.4 Å². The quantitative estimate of drug-likeness (QED) is 0.536. The molecule has 1 saturated heterocycles. The molecule has 5 nitrogen and oxygen atoms in total. The average molecular weight is 479 g/mol. The van der Waals surface area contributed by atoms with Crippen molar-refractivity contribution in [3.63, 3.8) is 0 Å². The maximum Gasteiger partial charge on any atom is 0.271 e. The summed E-state index contributed by atoms with van der Waals surface area (Å²) in [5.74, 6) is 0.330.